The van der Waals surface area contributed by atoms with Crippen LogP contribution in [0.4, 0.5) is 10.1 Å². The minimum atomic E-state index is -0.848. The van der Waals surface area contributed by atoms with Crippen molar-refractivity contribution in [3.8, 4) is 0 Å². The number of carbonyl (C=O) groups is 1. The van der Waals surface area contributed by atoms with Crippen molar-refractivity contribution < 1.29 is 14.3 Å². The van der Waals surface area contributed by atoms with Gasteiger partial charge in [-0.1, -0.05) is 6.08 Å². The van der Waals surface area contributed by atoms with Gasteiger partial charge in [-0.25, -0.2) is 9.18 Å². The summed E-state index contributed by atoms with van der Waals surface area (Å²) in [6.07, 6.45) is 2.22. The molecule has 0 unspecified atom stereocenters. The summed E-state index contributed by atoms with van der Waals surface area (Å²) in [5.74, 6) is -1.11. The second-order valence-electron chi connectivity index (χ2n) is 3.71. The molecular weight excluding hydrogens is 209 g/mol. The van der Waals surface area contributed by atoms with Gasteiger partial charge in [0.15, 0.2) is 0 Å². The highest BCUT2D eigenvalue weighted by Gasteiger charge is 2.16. The molecule has 84 valence electrons. The molecule has 0 atom stereocenters. The van der Waals surface area contributed by atoms with Gasteiger partial charge >= 0.3 is 5.97 Å². The number of nitrogens with zero attached hydrogens (tertiary/aromatic N) is 1. The normalized spacial score (nSPS) is 15.8. The van der Waals surface area contributed by atoms with Crippen molar-refractivity contribution in [2.45, 2.75) is 6.42 Å². The number of carboxylic acids is 1. The average molecular weight is 221 g/mol. The lowest BCUT2D eigenvalue weighted by molar-refractivity contribution is -0.132. The molecule has 0 saturated carbocycles. The zero-order valence-corrected chi connectivity index (χ0v) is 8.69. The Morgan fingerprint density at radius 3 is 2.50 bits per heavy atom. The van der Waals surface area contributed by atoms with Gasteiger partial charge in [-0.15, -0.1) is 0 Å². The Bertz CT molecular complexity index is 425. The third-order valence-electron chi connectivity index (χ3n) is 2.68. The lowest BCUT2D eigenvalue weighted by atomic mass is 10.1. The molecule has 1 aromatic carbocycles. The van der Waals surface area contributed by atoms with Crippen molar-refractivity contribution in [1.29, 1.82) is 0 Å². The highest BCUT2D eigenvalue weighted by molar-refractivity contribution is 5.87. The van der Waals surface area contributed by atoms with Gasteiger partial charge in [0.25, 0.3) is 0 Å². The van der Waals surface area contributed by atoms with E-state index in [1.807, 2.05) is 4.90 Å². The molecule has 0 spiro atoms. The molecule has 1 aliphatic heterocycles. The predicted molar refractivity (Wildman–Crippen MR) is 58.9 cm³/mol. The second kappa shape index (κ2) is 4.35. The third kappa shape index (κ3) is 2.21. The van der Waals surface area contributed by atoms with Crippen molar-refractivity contribution in [2.75, 3.05) is 18.0 Å². The molecule has 3 nitrogen and oxygen atoms in total. The van der Waals surface area contributed by atoms with Crippen LogP contribution in [0.3, 0.4) is 0 Å². The summed E-state index contributed by atoms with van der Waals surface area (Å²) in [4.78, 5) is 12.7. The van der Waals surface area contributed by atoms with Crippen LogP contribution in [0.15, 0.2) is 35.9 Å². The number of anilines is 1. The number of aliphatic carboxylic acids is 1. The number of hydrogen-bond donors (Lipinski definition) is 1. The Labute approximate surface area is 92.8 Å². The summed E-state index contributed by atoms with van der Waals surface area (Å²) in [7, 11) is 0. The molecule has 1 N–H and O–H groups in total. The molecule has 2 rings (SSSR count). The number of halogens is 1. The zero-order valence-electron chi connectivity index (χ0n) is 8.69. The number of benzene rings is 1. The lowest BCUT2D eigenvalue weighted by Gasteiger charge is -2.27. The largest absolute Gasteiger partial charge is 0.478 e. The molecule has 0 radical (unpaired) electrons. The Balaban J connectivity index is 2.09. The Kier molecular flexibility index (Phi) is 2.90. The summed E-state index contributed by atoms with van der Waals surface area (Å²) < 4.78 is 12.7. The van der Waals surface area contributed by atoms with E-state index in [-0.39, 0.29) is 5.82 Å². The fourth-order valence-electron chi connectivity index (χ4n) is 1.75. The monoisotopic (exact) mass is 221 g/mol. The smallest absolute Gasteiger partial charge is 0.331 e. The van der Waals surface area contributed by atoms with Crippen LogP contribution < -0.4 is 4.90 Å². The quantitative estimate of drug-likeness (QED) is 0.830. The minimum absolute atomic E-state index is 0.262. The van der Waals surface area contributed by atoms with Crippen LogP contribution in [0.25, 0.3) is 0 Å². The van der Waals surface area contributed by atoms with Crippen LogP contribution in [0.5, 0.6) is 0 Å². The first-order valence-electron chi connectivity index (χ1n) is 5.09. The van der Waals surface area contributed by atoms with E-state index in [9.17, 15) is 9.18 Å². The van der Waals surface area contributed by atoms with Crippen molar-refractivity contribution >= 4 is 11.7 Å². The molecule has 0 aliphatic carbocycles. The Morgan fingerprint density at radius 1 is 1.31 bits per heavy atom. The SMILES string of the molecule is O=C(O)C1=CCN(c2ccc(F)cc2)CC1. The number of rotatable bonds is 2. The van der Waals surface area contributed by atoms with Gasteiger partial charge in [-0.3, -0.25) is 0 Å². The van der Waals surface area contributed by atoms with Gasteiger partial charge < -0.3 is 10.0 Å². The van der Waals surface area contributed by atoms with Crippen LogP contribution in [0, 0.1) is 5.82 Å². The van der Waals surface area contributed by atoms with E-state index < -0.39 is 5.97 Å². The average Bonchev–Trinajstić information content (AvgIpc) is 2.30. The standard InChI is InChI=1S/C12H12FNO2/c13-10-1-3-11(4-2-10)14-7-5-9(6-8-14)12(15)16/h1-5H,6-8H2,(H,15,16). The van der Waals surface area contributed by atoms with E-state index >= 15 is 0 Å². The molecule has 0 amide bonds. The molecule has 0 bridgehead atoms. The van der Waals surface area contributed by atoms with Crippen LogP contribution in [-0.2, 0) is 4.79 Å². The highest BCUT2D eigenvalue weighted by atomic mass is 19.1. The van der Waals surface area contributed by atoms with E-state index in [1.165, 1.54) is 12.1 Å². The van der Waals surface area contributed by atoms with E-state index in [1.54, 1.807) is 18.2 Å². The summed E-state index contributed by atoms with van der Waals surface area (Å²) >= 11 is 0. The van der Waals surface area contributed by atoms with Gasteiger partial charge in [0.2, 0.25) is 0 Å². The summed E-state index contributed by atoms with van der Waals surface area (Å²) in [6.45, 7) is 1.22. The van der Waals surface area contributed by atoms with E-state index in [4.69, 9.17) is 5.11 Å². The maximum atomic E-state index is 12.7. The van der Waals surface area contributed by atoms with Crippen molar-refractivity contribution in [3.63, 3.8) is 0 Å². The second-order valence-corrected chi connectivity index (χ2v) is 3.71. The van der Waals surface area contributed by atoms with Crippen molar-refractivity contribution in [3.05, 3.63) is 41.7 Å². The summed E-state index contributed by atoms with van der Waals surface area (Å²) in [5, 5.41) is 8.80. The fourth-order valence-corrected chi connectivity index (χ4v) is 1.75. The summed E-state index contributed by atoms with van der Waals surface area (Å²) in [5.41, 5.74) is 1.38. The van der Waals surface area contributed by atoms with Crippen LogP contribution in [0.1, 0.15) is 6.42 Å². The van der Waals surface area contributed by atoms with E-state index in [0.29, 0.717) is 25.1 Å². The molecule has 0 saturated heterocycles. The van der Waals surface area contributed by atoms with Gasteiger partial charge in [0.05, 0.1) is 0 Å². The van der Waals surface area contributed by atoms with E-state index in [2.05, 4.69) is 0 Å². The first kappa shape index (κ1) is 10.7. The van der Waals surface area contributed by atoms with E-state index in [0.717, 1.165) is 5.69 Å². The minimum Gasteiger partial charge on any atom is -0.478 e. The molecular formula is C12H12FNO2. The van der Waals surface area contributed by atoms with Gasteiger partial charge in [-0.05, 0) is 30.7 Å². The van der Waals surface area contributed by atoms with Gasteiger partial charge in [0.1, 0.15) is 5.82 Å². The maximum Gasteiger partial charge on any atom is 0.331 e. The molecule has 0 fully saturated rings. The van der Waals surface area contributed by atoms with Crippen LogP contribution in [-0.4, -0.2) is 24.2 Å². The Hall–Kier alpha value is -1.84. The molecule has 4 heteroatoms. The fraction of sp³-hybridized carbons (Fsp3) is 0.250. The van der Waals surface area contributed by atoms with Crippen molar-refractivity contribution in [1.82, 2.24) is 0 Å². The third-order valence-corrected chi connectivity index (χ3v) is 2.68. The van der Waals surface area contributed by atoms with Gasteiger partial charge in [-0.2, -0.15) is 0 Å². The lowest BCUT2D eigenvalue weighted by Crippen LogP contribution is -2.29. The Morgan fingerprint density at radius 2 is 2.00 bits per heavy atom. The van der Waals surface area contributed by atoms with Crippen LogP contribution >= 0.6 is 0 Å². The molecule has 1 aromatic rings. The maximum absolute atomic E-state index is 12.7. The van der Waals surface area contributed by atoms with Crippen LogP contribution in [0.2, 0.25) is 0 Å². The predicted octanol–water partition coefficient (Wildman–Crippen LogP) is 2.05. The summed E-state index contributed by atoms with van der Waals surface area (Å²) in [6, 6.07) is 6.22. The molecule has 16 heavy (non-hydrogen) atoms. The molecule has 0 aromatic heterocycles. The molecule has 1 aliphatic rings. The highest BCUT2D eigenvalue weighted by Crippen LogP contribution is 2.19. The molecule has 1 heterocycles. The first-order chi connectivity index (χ1) is 7.66. The number of carboxylic acid groups (broad SMARTS) is 1. The number of hydrogen-bond acceptors (Lipinski definition) is 2. The zero-order chi connectivity index (χ0) is 11.5. The van der Waals surface area contributed by atoms with Crippen molar-refractivity contribution in [2.24, 2.45) is 0 Å². The topological polar surface area (TPSA) is 40.5 Å². The first-order valence-corrected chi connectivity index (χ1v) is 5.09. The van der Waals surface area contributed by atoms with Gasteiger partial charge in [0, 0.05) is 24.4 Å².